The van der Waals surface area contributed by atoms with Gasteiger partial charge in [0, 0.05) is 11.4 Å². The van der Waals surface area contributed by atoms with E-state index in [1.165, 1.54) is 16.7 Å². The molecule has 8 heteroatoms. The number of carbonyl (C=O) groups is 2. The first-order valence-corrected chi connectivity index (χ1v) is 12.9. The molecule has 1 atom stereocenters. The topological polar surface area (TPSA) is 73.2 Å². The van der Waals surface area contributed by atoms with Crippen LogP contribution in [0, 0.1) is 32.1 Å². The number of thioether (sulfide) groups is 1. The number of nitrogens with zero attached hydrogens (tertiary/aromatic N) is 2. The molecule has 4 rings (SSSR count). The average Bonchev–Trinajstić information content (AvgIpc) is 3.14. The average molecular weight is 536 g/mol. The minimum Gasteiger partial charge on any atom is -0.321 e. The van der Waals surface area contributed by atoms with Crippen LogP contribution in [0.1, 0.15) is 22.3 Å². The van der Waals surface area contributed by atoms with Crippen LogP contribution in [0.4, 0.5) is 11.4 Å². The molecule has 1 aliphatic heterocycles. The lowest BCUT2D eigenvalue weighted by molar-refractivity contribution is -0.117. The fraction of sp³-hybridized carbons (Fsp3) is 0.179. The summed E-state index contributed by atoms with van der Waals surface area (Å²) in [5.74, 6) is -0.775. The molecule has 5 nitrogen and oxygen atoms in total. The van der Waals surface area contributed by atoms with Crippen LogP contribution in [0.15, 0.2) is 71.3 Å². The van der Waals surface area contributed by atoms with Crippen LogP contribution in [-0.2, 0) is 16.0 Å². The minimum absolute atomic E-state index is 0.121. The van der Waals surface area contributed by atoms with Crippen LogP contribution in [0.25, 0.3) is 0 Å². The molecular weight excluding hydrogens is 513 g/mol. The Hall–Kier alpha value is -3.24. The van der Waals surface area contributed by atoms with Crippen molar-refractivity contribution in [2.45, 2.75) is 32.4 Å². The number of nitrogens with one attached hydrogen (secondary N) is 1. The molecule has 0 bridgehead atoms. The first-order chi connectivity index (χ1) is 17.2. The maximum Gasteiger partial charge on any atom is 0.269 e. The van der Waals surface area contributed by atoms with E-state index in [1.807, 2.05) is 69.3 Å². The van der Waals surface area contributed by atoms with Crippen molar-refractivity contribution in [1.29, 1.82) is 5.26 Å². The molecule has 0 aromatic heterocycles. The number of aryl methyl sites for hydroxylation is 3. The minimum atomic E-state index is -0.567. The molecule has 0 saturated carbocycles. The highest BCUT2D eigenvalue weighted by Gasteiger charge is 2.41. The Labute approximate surface area is 224 Å². The fourth-order valence-electron chi connectivity index (χ4n) is 3.88. The summed E-state index contributed by atoms with van der Waals surface area (Å²) in [6.07, 6.45) is 0.365. The van der Waals surface area contributed by atoms with Gasteiger partial charge in [0.1, 0.15) is 16.7 Å². The SMILES string of the molecule is Cc1cccc(NC(=O)/C(C#N)=C2\SC(Cc3ccc(Cl)c(Cl)c3)C(=O)N2c2ccc(C)c(C)c2)c1. The van der Waals surface area contributed by atoms with E-state index in [4.69, 9.17) is 23.2 Å². The first kappa shape index (κ1) is 25.8. The lowest BCUT2D eigenvalue weighted by Crippen LogP contribution is -2.31. The summed E-state index contributed by atoms with van der Waals surface area (Å²) >= 11 is 13.4. The summed E-state index contributed by atoms with van der Waals surface area (Å²) in [5.41, 5.74) is 4.95. The number of carbonyl (C=O) groups excluding carboxylic acids is 2. The summed E-state index contributed by atoms with van der Waals surface area (Å²) in [5, 5.41) is 13.4. The molecule has 0 aliphatic carbocycles. The molecule has 182 valence electrons. The van der Waals surface area contributed by atoms with Gasteiger partial charge in [0.15, 0.2) is 0 Å². The van der Waals surface area contributed by atoms with Gasteiger partial charge in [-0.2, -0.15) is 5.26 Å². The number of halogens is 2. The van der Waals surface area contributed by atoms with E-state index in [0.717, 1.165) is 22.3 Å². The predicted molar refractivity (Wildman–Crippen MR) is 147 cm³/mol. The Bertz CT molecular complexity index is 1440. The number of nitriles is 1. The summed E-state index contributed by atoms with van der Waals surface area (Å²) in [4.78, 5) is 28.4. The zero-order chi connectivity index (χ0) is 26.0. The maximum absolute atomic E-state index is 13.7. The first-order valence-electron chi connectivity index (χ1n) is 11.2. The van der Waals surface area contributed by atoms with E-state index in [0.29, 0.717) is 32.9 Å². The second-order valence-electron chi connectivity index (χ2n) is 8.62. The smallest absolute Gasteiger partial charge is 0.269 e. The summed E-state index contributed by atoms with van der Waals surface area (Å²) in [7, 11) is 0. The van der Waals surface area contributed by atoms with Crippen LogP contribution in [0.3, 0.4) is 0 Å². The Morgan fingerprint density at radius 2 is 1.81 bits per heavy atom. The third kappa shape index (κ3) is 5.44. The van der Waals surface area contributed by atoms with Gasteiger partial charge < -0.3 is 5.32 Å². The van der Waals surface area contributed by atoms with Crippen molar-refractivity contribution < 1.29 is 9.59 Å². The quantitative estimate of drug-likeness (QED) is 0.282. The Morgan fingerprint density at radius 1 is 1.03 bits per heavy atom. The maximum atomic E-state index is 13.7. The molecule has 1 aliphatic rings. The van der Waals surface area contributed by atoms with Crippen LogP contribution >= 0.6 is 35.0 Å². The highest BCUT2D eigenvalue weighted by Crippen LogP contribution is 2.42. The van der Waals surface area contributed by atoms with E-state index in [9.17, 15) is 14.9 Å². The van der Waals surface area contributed by atoms with Crippen molar-refractivity contribution in [1.82, 2.24) is 0 Å². The van der Waals surface area contributed by atoms with Crippen LogP contribution < -0.4 is 10.2 Å². The molecule has 1 heterocycles. The largest absolute Gasteiger partial charge is 0.321 e. The Morgan fingerprint density at radius 3 is 2.47 bits per heavy atom. The van der Waals surface area contributed by atoms with Gasteiger partial charge in [-0.25, -0.2) is 0 Å². The summed E-state index contributed by atoms with van der Waals surface area (Å²) < 4.78 is 0. The molecule has 0 radical (unpaired) electrons. The highest BCUT2D eigenvalue weighted by atomic mass is 35.5. The standard InChI is InChI=1S/C28H23Cl2N3O2S/c1-16-5-4-6-20(11-16)32-26(34)22(15-31)28-33(21-9-7-17(2)18(3)12-21)27(35)25(36-28)14-19-8-10-23(29)24(30)13-19/h4-13,25H,14H2,1-3H3,(H,32,34)/b28-22-. The van der Waals surface area contributed by atoms with Crippen molar-refractivity contribution in [2.75, 3.05) is 10.2 Å². The van der Waals surface area contributed by atoms with E-state index in [2.05, 4.69) is 5.32 Å². The third-order valence-electron chi connectivity index (χ3n) is 5.94. The molecule has 1 saturated heterocycles. The van der Waals surface area contributed by atoms with Gasteiger partial charge in [-0.1, -0.05) is 59.2 Å². The van der Waals surface area contributed by atoms with Gasteiger partial charge in [-0.05, 0) is 85.8 Å². The lowest BCUT2D eigenvalue weighted by Gasteiger charge is -2.20. The molecule has 36 heavy (non-hydrogen) atoms. The van der Waals surface area contributed by atoms with Crippen molar-refractivity contribution in [2.24, 2.45) is 0 Å². The number of anilines is 2. The number of hydrogen-bond donors (Lipinski definition) is 1. The van der Waals surface area contributed by atoms with E-state index >= 15 is 0 Å². The van der Waals surface area contributed by atoms with E-state index < -0.39 is 11.2 Å². The molecule has 3 aromatic carbocycles. The fourth-order valence-corrected chi connectivity index (χ4v) is 5.51. The summed E-state index contributed by atoms with van der Waals surface area (Å²) in [6, 6.07) is 20.2. The van der Waals surface area contributed by atoms with Gasteiger partial charge >= 0.3 is 0 Å². The second-order valence-corrected chi connectivity index (χ2v) is 10.6. The van der Waals surface area contributed by atoms with Gasteiger partial charge in [-0.15, -0.1) is 0 Å². The highest BCUT2D eigenvalue weighted by molar-refractivity contribution is 8.05. The number of benzene rings is 3. The Kier molecular flexibility index (Phi) is 7.75. The molecule has 1 unspecified atom stereocenters. The number of hydrogen-bond acceptors (Lipinski definition) is 4. The van der Waals surface area contributed by atoms with E-state index in [1.54, 1.807) is 18.2 Å². The summed E-state index contributed by atoms with van der Waals surface area (Å²) in [6.45, 7) is 5.86. The lowest BCUT2D eigenvalue weighted by atomic mass is 10.1. The van der Waals surface area contributed by atoms with Crippen LogP contribution in [-0.4, -0.2) is 17.1 Å². The van der Waals surface area contributed by atoms with Gasteiger partial charge in [0.05, 0.1) is 15.3 Å². The molecule has 3 aromatic rings. The monoisotopic (exact) mass is 535 g/mol. The van der Waals surface area contributed by atoms with Gasteiger partial charge in [0.25, 0.3) is 5.91 Å². The molecule has 1 fully saturated rings. The number of amides is 2. The Balaban J connectivity index is 1.75. The van der Waals surface area contributed by atoms with Crippen LogP contribution in [0.2, 0.25) is 10.0 Å². The number of rotatable bonds is 5. The second kappa shape index (κ2) is 10.8. The molecule has 0 spiro atoms. The van der Waals surface area contributed by atoms with Crippen molar-refractivity contribution >= 4 is 58.2 Å². The van der Waals surface area contributed by atoms with Crippen molar-refractivity contribution in [3.8, 4) is 6.07 Å². The zero-order valence-electron chi connectivity index (χ0n) is 19.9. The normalized spacial score (nSPS) is 16.6. The van der Waals surface area contributed by atoms with Crippen molar-refractivity contribution in [3.05, 3.63) is 104 Å². The third-order valence-corrected chi connectivity index (χ3v) is 7.94. The predicted octanol–water partition coefficient (Wildman–Crippen LogP) is 6.98. The molecular formula is C28H23Cl2N3O2S. The molecule has 1 N–H and O–H groups in total. The molecule has 2 amide bonds. The van der Waals surface area contributed by atoms with Crippen LogP contribution in [0.5, 0.6) is 0 Å². The van der Waals surface area contributed by atoms with E-state index in [-0.39, 0.29) is 11.5 Å². The zero-order valence-corrected chi connectivity index (χ0v) is 22.3. The van der Waals surface area contributed by atoms with Crippen molar-refractivity contribution in [3.63, 3.8) is 0 Å². The van der Waals surface area contributed by atoms with Gasteiger partial charge in [-0.3, -0.25) is 14.5 Å². The van der Waals surface area contributed by atoms with Gasteiger partial charge in [0.2, 0.25) is 5.91 Å².